The molecular formula is C61H96O6. The standard InChI is InChI=1S/C61H96O6/c1-4-7-10-13-16-19-22-25-28-30-32-33-36-39-42-45-48-51-54-60(63)66-57-58(56-65-59(62)53-50-47-44-41-38-35-27-24-21-18-15-12-9-6-3)67-61(64)55-52-49-46-43-40-37-34-31-29-26-23-20-17-14-11-8-5-2/h8,10-11,13,16-17,19-20,22,25-26,28-30,32-35,37-38,43,46,58H,4-7,9,12,14-15,18,21,23-24,27,31,36,39-42,44-45,47-57H2,1-3H3/b11-8-,13-10-,19-16-,20-17-,25-22-,29-26-,30-28-,33-32-,37-34-,38-35-,46-43-. The molecule has 0 aliphatic heterocycles. The van der Waals surface area contributed by atoms with E-state index in [-0.39, 0.29) is 37.5 Å². The van der Waals surface area contributed by atoms with Crippen molar-refractivity contribution < 1.29 is 28.6 Å². The van der Waals surface area contributed by atoms with Crippen molar-refractivity contribution >= 4 is 17.9 Å². The van der Waals surface area contributed by atoms with Crippen LogP contribution in [0.25, 0.3) is 0 Å². The van der Waals surface area contributed by atoms with Crippen LogP contribution in [-0.4, -0.2) is 37.2 Å². The first-order valence-electron chi connectivity index (χ1n) is 26.8. The maximum atomic E-state index is 12.8. The van der Waals surface area contributed by atoms with Crippen molar-refractivity contribution in [1.82, 2.24) is 0 Å². The van der Waals surface area contributed by atoms with Gasteiger partial charge in [-0.1, -0.05) is 225 Å². The fourth-order valence-corrected chi connectivity index (χ4v) is 6.74. The highest BCUT2D eigenvalue weighted by atomic mass is 16.6. The van der Waals surface area contributed by atoms with Crippen LogP contribution in [0, 0.1) is 0 Å². The van der Waals surface area contributed by atoms with E-state index in [1.54, 1.807) is 0 Å². The van der Waals surface area contributed by atoms with Crippen LogP contribution in [0.5, 0.6) is 0 Å². The van der Waals surface area contributed by atoms with Crippen LogP contribution < -0.4 is 0 Å². The summed E-state index contributed by atoms with van der Waals surface area (Å²) in [6, 6.07) is 0. The predicted molar refractivity (Wildman–Crippen MR) is 288 cm³/mol. The summed E-state index contributed by atoms with van der Waals surface area (Å²) in [6.45, 7) is 6.33. The molecule has 0 N–H and O–H groups in total. The molecule has 0 saturated carbocycles. The van der Waals surface area contributed by atoms with Crippen molar-refractivity contribution in [3.05, 3.63) is 134 Å². The number of hydrogen-bond donors (Lipinski definition) is 0. The molecule has 0 aliphatic rings. The zero-order chi connectivity index (χ0) is 48.6. The van der Waals surface area contributed by atoms with Gasteiger partial charge in [-0.2, -0.15) is 0 Å². The van der Waals surface area contributed by atoms with Crippen LogP contribution in [0.3, 0.4) is 0 Å². The molecule has 0 aromatic heterocycles. The Bertz CT molecular complexity index is 1480. The van der Waals surface area contributed by atoms with Crippen molar-refractivity contribution in [2.45, 2.75) is 219 Å². The van der Waals surface area contributed by atoms with Gasteiger partial charge in [-0.25, -0.2) is 0 Å². The topological polar surface area (TPSA) is 78.9 Å². The summed E-state index contributed by atoms with van der Waals surface area (Å²) in [5.41, 5.74) is 0. The van der Waals surface area contributed by atoms with E-state index in [1.807, 2.05) is 36.5 Å². The van der Waals surface area contributed by atoms with Crippen molar-refractivity contribution in [2.75, 3.05) is 13.2 Å². The highest BCUT2D eigenvalue weighted by molar-refractivity contribution is 5.71. The van der Waals surface area contributed by atoms with Gasteiger partial charge in [0.05, 0.1) is 0 Å². The average Bonchev–Trinajstić information content (AvgIpc) is 3.33. The van der Waals surface area contributed by atoms with E-state index in [0.29, 0.717) is 19.3 Å². The monoisotopic (exact) mass is 925 g/mol. The van der Waals surface area contributed by atoms with E-state index < -0.39 is 6.10 Å². The first-order chi connectivity index (χ1) is 33.0. The highest BCUT2D eigenvalue weighted by Gasteiger charge is 2.19. The minimum atomic E-state index is -0.830. The summed E-state index contributed by atoms with van der Waals surface area (Å²) < 4.78 is 16.7. The van der Waals surface area contributed by atoms with E-state index in [1.165, 1.54) is 51.4 Å². The minimum absolute atomic E-state index is 0.122. The Kier molecular flexibility index (Phi) is 50.6. The lowest BCUT2D eigenvalue weighted by Crippen LogP contribution is -2.30. The number of hydrogen-bond acceptors (Lipinski definition) is 6. The van der Waals surface area contributed by atoms with Gasteiger partial charge in [-0.15, -0.1) is 0 Å². The minimum Gasteiger partial charge on any atom is -0.462 e. The first-order valence-corrected chi connectivity index (χ1v) is 26.8. The van der Waals surface area contributed by atoms with Crippen molar-refractivity contribution in [2.24, 2.45) is 0 Å². The first kappa shape index (κ1) is 62.5. The lowest BCUT2D eigenvalue weighted by Gasteiger charge is -2.18. The summed E-state index contributed by atoms with van der Waals surface area (Å²) in [5, 5.41) is 0. The van der Waals surface area contributed by atoms with Gasteiger partial charge in [0.25, 0.3) is 0 Å². The van der Waals surface area contributed by atoms with Crippen LogP contribution in [0.1, 0.15) is 213 Å². The molecule has 67 heavy (non-hydrogen) atoms. The second-order valence-corrected chi connectivity index (χ2v) is 17.2. The lowest BCUT2D eigenvalue weighted by atomic mass is 10.1. The molecule has 0 spiro atoms. The van der Waals surface area contributed by atoms with E-state index in [2.05, 4.69) is 118 Å². The van der Waals surface area contributed by atoms with Gasteiger partial charge in [0, 0.05) is 19.3 Å². The Labute approximate surface area is 411 Å². The van der Waals surface area contributed by atoms with Gasteiger partial charge in [0.15, 0.2) is 6.10 Å². The normalized spacial score (nSPS) is 13.2. The fraction of sp³-hybridized carbons (Fsp3) is 0.590. The molecule has 6 heteroatoms. The van der Waals surface area contributed by atoms with Crippen LogP contribution in [-0.2, 0) is 28.6 Å². The molecule has 0 heterocycles. The maximum Gasteiger partial charge on any atom is 0.306 e. The molecule has 0 radical (unpaired) electrons. The zero-order valence-corrected chi connectivity index (χ0v) is 42.9. The van der Waals surface area contributed by atoms with E-state index in [4.69, 9.17) is 14.2 Å². The van der Waals surface area contributed by atoms with Crippen LogP contribution in [0.15, 0.2) is 134 Å². The summed E-state index contributed by atoms with van der Waals surface area (Å²) in [5.74, 6) is -1.03. The van der Waals surface area contributed by atoms with Gasteiger partial charge in [-0.3, -0.25) is 14.4 Å². The third-order valence-electron chi connectivity index (χ3n) is 10.7. The Morgan fingerprint density at radius 2 is 0.687 bits per heavy atom. The number of unbranched alkanes of at least 4 members (excludes halogenated alkanes) is 17. The molecule has 1 unspecified atom stereocenters. The molecule has 0 saturated heterocycles. The number of rotatable bonds is 46. The second-order valence-electron chi connectivity index (χ2n) is 17.2. The van der Waals surface area contributed by atoms with Crippen LogP contribution in [0.2, 0.25) is 0 Å². The molecule has 376 valence electrons. The predicted octanol–water partition coefficient (Wildman–Crippen LogP) is 17.9. The van der Waals surface area contributed by atoms with Gasteiger partial charge < -0.3 is 14.2 Å². The van der Waals surface area contributed by atoms with Crippen molar-refractivity contribution in [3.8, 4) is 0 Å². The zero-order valence-electron chi connectivity index (χ0n) is 42.9. The second kappa shape index (κ2) is 54.2. The quantitative estimate of drug-likeness (QED) is 0.0199. The Morgan fingerprint density at radius 1 is 0.328 bits per heavy atom. The third kappa shape index (κ3) is 52.4. The van der Waals surface area contributed by atoms with Crippen LogP contribution >= 0.6 is 0 Å². The van der Waals surface area contributed by atoms with Crippen LogP contribution in [0.4, 0.5) is 0 Å². The molecule has 1 atom stereocenters. The highest BCUT2D eigenvalue weighted by Crippen LogP contribution is 2.12. The summed E-state index contributed by atoms with van der Waals surface area (Å²) in [7, 11) is 0. The average molecular weight is 925 g/mol. The number of ether oxygens (including phenoxy) is 3. The largest absolute Gasteiger partial charge is 0.462 e. The Hall–Kier alpha value is -4.45. The number of carbonyl (C=O) groups excluding carboxylic acids is 3. The molecule has 0 amide bonds. The van der Waals surface area contributed by atoms with Crippen molar-refractivity contribution in [3.63, 3.8) is 0 Å². The molecule has 0 bridgehead atoms. The summed E-state index contributed by atoms with van der Waals surface area (Å²) >= 11 is 0. The number of esters is 3. The summed E-state index contributed by atoms with van der Waals surface area (Å²) in [4.78, 5) is 38.0. The van der Waals surface area contributed by atoms with E-state index in [9.17, 15) is 14.4 Å². The molecule has 0 aliphatic carbocycles. The summed E-state index contributed by atoms with van der Waals surface area (Å²) in [6.07, 6.45) is 75.8. The third-order valence-corrected chi connectivity index (χ3v) is 10.7. The fourth-order valence-electron chi connectivity index (χ4n) is 6.74. The van der Waals surface area contributed by atoms with Crippen molar-refractivity contribution in [1.29, 1.82) is 0 Å². The molecule has 0 fully saturated rings. The number of allylic oxidation sites excluding steroid dienone is 22. The maximum absolute atomic E-state index is 12.8. The molecule has 0 aromatic rings. The molecule has 0 aromatic carbocycles. The number of carbonyl (C=O) groups is 3. The molecular weight excluding hydrogens is 829 g/mol. The van der Waals surface area contributed by atoms with Gasteiger partial charge in [0.1, 0.15) is 13.2 Å². The van der Waals surface area contributed by atoms with E-state index >= 15 is 0 Å². The van der Waals surface area contributed by atoms with Gasteiger partial charge >= 0.3 is 17.9 Å². The SMILES string of the molecule is CC/C=C\C/C=C\C/C=C\C/C=C\C/C=C\CCCC(=O)OC(COC(=O)CCCCC/C=C\CCCCCCCCC)COC(=O)CCCCCCC\C=C/C=C\C=C/C=C\C=C/CCC. The Balaban J connectivity index is 4.59. The van der Waals surface area contributed by atoms with E-state index in [0.717, 1.165) is 116 Å². The smallest absolute Gasteiger partial charge is 0.306 e. The molecule has 6 nitrogen and oxygen atoms in total. The van der Waals surface area contributed by atoms with Gasteiger partial charge in [-0.05, 0) is 103 Å². The Morgan fingerprint density at radius 3 is 1.18 bits per heavy atom. The van der Waals surface area contributed by atoms with Gasteiger partial charge in [0.2, 0.25) is 0 Å². The lowest BCUT2D eigenvalue weighted by molar-refractivity contribution is -0.167. The molecule has 0 rings (SSSR count).